The van der Waals surface area contributed by atoms with Crippen LogP contribution < -0.4 is 5.32 Å². The molecule has 1 aliphatic rings. The number of halogens is 1. The number of nitrogens with one attached hydrogen (secondary N) is 1. The van der Waals surface area contributed by atoms with Crippen LogP contribution in [0.5, 0.6) is 0 Å². The van der Waals surface area contributed by atoms with E-state index in [4.69, 9.17) is 11.6 Å². The number of carbonyl (C=O) groups excluding carboxylic acids is 2. The van der Waals surface area contributed by atoms with Crippen LogP contribution in [0.15, 0.2) is 48.5 Å². The zero-order chi connectivity index (χ0) is 18.7. The number of hydrogen-bond acceptors (Lipinski definition) is 2. The predicted octanol–water partition coefficient (Wildman–Crippen LogP) is 3.91. The van der Waals surface area contributed by atoms with Gasteiger partial charge in [-0.3, -0.25) is 4.79 Å². The maximum absolute atomic E-state index is 12.7. The molecule has 0 bridgehead atoms. The highest BCUT2D eigenvalue weighted by molar-refractivity contribution is 6.31. The Hall–Kier alpha value is -2.53. The van der Waals surface area contributed by atoms with Gasteiger partial charge in [-0.15, -0.1) is 0 Å². The molecule has 2 aromatic carbocycles. The molecule has 3 rings (SSSR count). The molecule has 1 fully saturated rings. The van der Waals surface area contributed by atoms with Crippen molar-refractivity contribution in [1.29, 1.82) is 0 Å². The predicted molar refractivity (Wildman–Crippen MR) is 103 cm³/mol. The molecule has 3 amide bonds. The summed E-state index contributed by atoms with van der Waals surface area (Å²) >= 11 is 6.10. The summed E-state index contributed by atoms with van der Waals surface area (Å²) in [6.07, 6.45) is 0.629. The lowest BCUT2D eigenvalue weighted by Crippen LogP contribution is -2.44. The van der Waals surface area contributed by atoms with Crippen LogP contribution in [0.25, 0.3) is 0 Å². The summed E-state index contributed by atoms with van der Waals surface area (Å²) in [4.78, 5) is 28.5. The van der Waals surface area contributed by atoms with Crippen LogP contribution in [-0.4, -0.2) is 41.4 Å². The number of carbonyl (C=O) groups is 2. The summed E-state index contributed by atoms with van der Waals surface area (Å²) in [6, 6.07) is 14.5. The van der Waals surface area contributed by atoms with Gasteiger partial charge in [0.1, 0.15) is 6.04 Å². The zero-order valence-electron chi connectivity index (χ0n) is 14.9. The number of anilines is 1. The molecule has 5 nitrogen and oxygen atoms in total. The molecule has 0 aromatic heterocycles. The van der Waals surface area contributed by atoms with E-state index in [0.29, 0.717) is 30.2 Å². The highest BCUT2D eigenvalue weighted by Crippen LogP contribution is 2.22. The highest BCUT2D eigenvalue weighted by Gasteiger charge is 2.36. The minimum atomic E-state index is -0.445. The van der Waals surface area contributed by atoms with Crippen LogP contribution in [-0.2, 0) is 11.3 Å². The highest BCUT2D eigenvalue weighted by atomic mass is 35.5. The summed E-state index contributed by atoms with van der Waals surface area (Å²) in [5, 5.41) is 3.40. The van der Waals surface area contributed by atoms with E-state index in [1.165, 1.54) is 4.90 Å². The van der Waals surface area contributed by atoms with E-state index in [0.717, 1.165) is 11.1 Å². The van der Waals surface area contributed by atoms with Crippen molar-refractivity contribution in [3.63, 3.8) is 0 Å². The Labute approximate surface area is 158 Å². The minimum Gasteiger partial charge on any atom is -0.336 e. The summed E-state index contributed by atoms with van der Waals surface area (Å²) < 4.78 is 0. The number of amides is 3. The number of rotatable bonds is 4. The van der Waals surface area contributed by atoms with E-state index in [-0.39, 0.29) is 11.9 Å². The van der Waals surface area contributed by atoms with E-state index in [1.807, 2.05) is 43.3 Å². The molecule has 1 N–H and O–H groups in total. The van der Waals surface area contributed by atoms with Crippen molar-refractivity contribution in [3.05, 3.63) is 64.7 Å². The number of likely N-dealkylation sites (tertiary alicyclic amines) is 1. The number of aryl methyl sites for hydroxylation is 1. The second-order valence-electron chi connectivity index (χ2n) is 6.55. The standard InChI is InChI=1S/C20H22ClN3O2/c1-14-8-9-16(12-17(14)21)22-20(26)23(2)18-10-11-24(19(18)25)13-15-6-4-3-5-7-15/h3-9,12,18H,10-11,13H2,1-2H3,(H,22,26)/t18-/m0/s1. The van der Waals surface area contributed by atoms with Gasteiger partial charge in [0.2, 0.25) is 5.91 Å². The van der Waals surface area contributed by atoms with Gasteiger partial charge in [0.25, 0.3) is 0 Å². The average Bonchev–Trinajstić information content (AvgIpc) is 2.99. The van der Waals surface area contributed by atoms with E-state index in [9.17, 15) is 9.59 Å². The molecule has 6 heteroatoms. The fourth-order valence-corrected chi connectivity index (χ4v) is 3.25. The third-order valence-corrected chi connectivity index (χ3v) is 5.10. The van der Waals surface area contributed by atoms with E-state index in [2.05, 4.69) is 5.32 Å². The van der Waals surface area contributed by atoms with E-state index in [1.54, 1.807) is 24.1 Å². The molecule has 136 valence electrons. The summed E-state index contributed by atoms with van der Waals surface area (Å²) in [5.41, 5.74) is 2.65. The zero-order valence-corrected chi connectivity index (χ0v) is 15.7. The number of benzene rings is 2. The quantitative estimate of drug-likeness (QED) is 0.885. The lowest BCUT2D eigenvalue weighted by molar-refractivity contribution is -0.131. The van der Waals surface area contributed by atoms with Gasteiger partial charge in [-0.25, -0.2) is 4.79 Å². The molecule has 0 aliphatic carbocycles. The van der Waals surface area contributed by atoms with Crippen LogP contribution >= 0.6 is 11.6 Å². The van der Waals surface area contributed by atoms with Crippen molar-refractivity contribution >= 4 is 29.2 Å². The SMILES string of the molecule is Cc1ccc(NC(=O)N(C)[C@H]2CCN(Cc3ccccc3)C2=O)cc1Cl. The van der Waals surface area contributed by atoms with Gasteiger partial charge < -0.3 is 15.1 Å². The van der Waals surface area contributed by atoms with Crippen molar-refractivity contribution in [2.24, 2.45) is 0 Å². The van der Waals surface area contributed by atoms with E-state index < -0.39 is 6.04 Å². The first-order chi connectivity index (χ1) is 12.5. The third-order valence-electron chi connectivity index (χ3n) is 4.70. The molecule has 0 saturated carbocycles. The Bertz CT molecular complexity index is 810. The van der Waals surface area contributed by atoms with Crippen molar-refractivity contribution < 1.29 is 9.59 Å². The molecule has 2 aromatic rings. The van der Waals surface area contributed by atoms with Crippen LogP contribution in [0.1, 0.15) is 17.5 Å². The van der Waals surface area contributed by atoms with Crippen LogP contribution in [0.2, 0.25) is 5.02 Å². The molecule has 1 heterocycles. The van der Waals surface area contributed by atoms with Crippen molar-refractivity contribution in [3.8, 4) is 0 Å². The number of nitrogens with zero attached hydrogens (tertiary/aromatic N) is 2. The second kappa shape index (κ2) is 7.79. The van der Waals surface area contributed by atoms with E-state index >= 15 is 0 Å². The summed E-state index contributed by atoms with van der Waals surface area (Å²) in [5.74, 6) is -0.0200. The van der Waals surface area contributed by atoms with Crippen LogP contribution in [0.3, 0.4) is 0 Å². The fraction of sp³-hybridized carbons (Fsp3) is 0.300. The maximum Gasteiger partial charge on any atom is 0.322 e. The van der Waals surface area contributed by atoms with Gasteiger partial charge >= 0.3 is 6.03 Å². The molecule has 0 radical (unpaired) electrons. The van der Waals surface area contributed by atoms with Crippen molar-refractivity contribution in [2.45, 2.75) is 25.9 Å². The van der Waals surface area contributed by atoms with Crippen LogP contribution in [0, 0.1) is 6.92 Å². The molecule has 0 spiro atoms. The molecular formula is C20H22ClN3O2. The molecule has 1 atom stereocenters. The topological polar surface area (TPSA) is 52.7 Å². The normalized spacial score (nSPS) is 16.7. The second-order valence-corrected chi connectivity index (χ2v) is 6.96. The first-order valence-electron chi connectivity index (χ1n) is 8.58. The van der Waals surface area contributed by atoms with Crippen molar-refractivity contribution in [1.82, 2.24) is 9.80 Å². The van der Waals surface area contributed by atoms with Gasteiger partial charge in [-0.2, -0.15) is 0 Å². The van der Waals surface area contributed by atoms with Gasteiger partial charge in [-0.1, -0.05) is 48.0 Å². The lowest BCUT2D eigenvalue weighted by Gasteiger charge is -2.24. The first-order valence-corrected chi connectivity index (χ1v) is 8.96. The number of hydrogen-bond donors (Lipinski definition) is 1. The van der Waals surface area contributed by atoms with Gasteiger partial charge in [0.15, 0.2) is 0 Å². The third kappa shape index (κ3) is 3.99. The van der Waals surface area contributed by atoms with Gasteiger partial charge in [0.05, 0.1) is 0 Å². The average molecular weight is 372 g/mol. The van der Waals surface area contributed by atoms with Crippen LogP contribution in [0.4, 0.5) is 10.5 Å². The smallest absolute Gasteiger partial charge is 0.322 e. The molecule has 0 unspecified atom stereocenters. The Morgan fingerprint density at radius 2 is 2.00 bits per heavy atom. The monoisotopic (exact) mass is 371 g/mol. The number of urea groups is 1. The summed E-state index contributed by atoms with van der Waals surface area (Å²) in [7, 11) is 1.65. The molecule has 1 aliphatic heterocycles. The number of likely N-dealkylation sites (N-methyl/N-ethyl adjacent to an activating group) is 1. The fourth-order valence-electron chi connectivity index (χ4n) is 3.07. The van der Waals surface area contributed by atoms with Gasteiger partial charge in [0, 0.05) is 30.8 Å². The lowest BCUT2D eigenvalue weighted by atomic mass is 10.2. The largest absolute Gasteiger partial charge is 0.336 e. The molecule has 1 saturated heterocycles. The maximum atomic E-state index is 12.7. The molecule has 26 heavy (non-hydrogen) atoms. The minimum absolute atomic E-state index is 0.0200. The first kappa shape index (κ1) is 18.3. The van der Waals surface area contributed by atoms with Crippen molar-refractivity contribution in [2.75, 3.05) is 18.9 Å². The summed E-state index contributed by atoms with van der Waals surface area (Å²) in [6.45, 7) is 3.12. The van der Waals surface area contributed by atoms with Gasteiger partial charge in [-0.05, 0) is 36.6 Å². The molecular weight excluding hydrogens is 350 g/mol. The Balaban J connectivity index is 1.62. The Kier molecular flexibility index (Phi) is 5.47. The Morgan fingerprint density at radius 1 is 1.27 bits per heavy atom. The Morgan fingerprint density at radius 3 is 2.69 bits per heavy atom.